The van der Waals surface area contributed by atoms with E-state index in [9.17, 15) is 9.59 Å². The zero-order chi connectivity index (χ0) is 20.9. The lowest BCUT2D eigenvalue weighted by Gasteiger charge is -2.26. The Hall–Kier alpha value is -3.19. The third-order valence-corrected chi connectivity index (χ3v) is 5.95. The number of amides is 2. The summed E-state index contributed by atoms with van der Waals surface area (Å²) in [5.41, 5.74) is 2.72. The van der Waals surface area contributed by atoms with Crippen molar-refractivity contribution in [3.8, 4) is 11.3 Å². The number of carbonyl (C=O) groups excluding carboxylic acids is 2. The van der Waals surface area contributed by atoms with Gasteiger partial charge in [-0.2, -0.15) is 0 Å². The number of likely N-dealkylation sites (tertiary alicyclic amines) is 1. The highest BCUT2D eigenvalue weighted by atomic mass is 32.1. The molecule has 1 aromatic heterocycles. The molecule has 1 aliphatic heterocycles. The number of ether oxygens (including phenoxy) is 1. The minimum Gasteiger partial charge on any atom is -0.445 e. The molecule has 7 heteroatoms. The number of nitrogens with zero attached hydrogens (tertiary/aromatic N) is 2. The zero-order valence-electron chi connectivity index (χ0n) is 16.7. The van der Waals surface area contributed by atoms with Gasteiger partial charge in [-0.05, 0) is 25.3 Å². The standard InChI is InChI=1S/C23H23N3O3S/c1-16-12-13-20(26(16)23(28)29-14-17-8-4-2-5-9-17)21(27)25-22-24-19(15-30-22)18-10-6-3-7-11-18/h2-11,15-16,20H,12-14H2,1H3,(H,24,25,27). The molecule has 0 bridgehead atoms. The number of nitrogens with one attached hydrogen (secondary N) is 1. The first-order valence-electron chi connectivity index (χ1n) is 9.92. The summed E-state index contributed by atoms with van der Waals surface area (Å²) in [6.45, 7) is 2.12. The molecule has 30 heavy (non-hydrogen) atoms. The van der Waals surface area contributed by atoms with Crippen molar-refractivity contribution < 1.29 is 14.3 Å². The van der Waals surface area contributed by atoms with Crippen LogP contribution < -0.4 is 5.32 Å². The molecule has 0 radical (unpaired) electrons. The number of anilines is 1. The minimum absolute atomic E-state index is 0.0554. The Morgan fingerprint density at radius 3 is 2.53 bits per heavy atom. The lowest BCUT2D eigenvalue weighted by Crippen LogP contribution is -2.46. The number of hydrogen-bond acceptors (Lipinski definition) is 5. The fraction of sp³-hybridized carbons (Fsp3) is 0.261. The van der Waals surface area contributed by atoms with E-state index in [4.69, 9.17) is 4.74 Å². The summed E-state index contributed by atoms with van der Waals surface area (Å²) in [5.74, 6) is -0.232. The largest absolute Gasteiger partial charge is 0.445 e. The van der Waals surface area contributed by atoms with Gasteiger partial charge in [-0.3, -0.25) is 9.69 Å². The minimum atomic E-state index is -0.563. The van der Waals surface area contributed by atoms with Crippen molar-refractivity contribution in [3.05, 3.63) is 71.6 Å². The van der Waals surface area contributed by atoms with E-state index < -0.39 is 12.1 Å². The van der Waals surface area contributed by atoms with Crippen molar-refractivity contribution in [2.75, 3.05) is 5.32 Å². The molecule has 2 aromatic carbocycles. The van der Waals surface area contributed by atoms with Crippen LogP contribution in [0.5, 0.6) is 0 Å². The van der Waals surface area contributed by atoms with E-state index in [1.54, 1.807) is 4.90 Å². The maximum Gasteiger partial charge on any atom is 0.411 e. The SMILES string of the molecule is CC1CCC(C(=O)Nc2nc(-c3ccccc3)cs2)N1C(=O)OCc1ccccc1. The molecule has 154 valence electrons. The van der Waals surface area contributed by atoms with Crippen molar-refractivity contribution in [2.24, 2.45) is 0 Å². The molecule has 1 saturated heterocycles. The second-order valence-electron chi connectivity index (χ2n) is 7.28. The predicted octanol–water partition coefficient (Wildman–Crippen LogP) is 4.94. The Balaban J connectivity index is 1.40. The summed E-state index contributed by atoms with van der Waals surface area (Å²) in [7, 11) is 0. The molecule has 2 unspecified atom stereocenters. The van der Waals surface area contributed by atoms with E-state index in [-0.39, 0.29) is 18.6 Å². The van der Waals surface area contributed by atoms with Gasteiger partial charge in [-0.15, -0.1) is 11.3 Å². The number of thiazole rings is 1. The molecule has 0 spiro atoms. The van der Waals surface area contributed by atoms with Gasteiger partial charge in [0.15, 0.2) is 5.13 Å². The van der Waals surface area contributed by atoms with Gasteiger partial charge >= 0.3 is 6.09 Å². The van der Waals surface area contributed by atoms with Gasteiger partial charge in [-0.1, -0.05) is 60.7 Å². The maximum atomic E-state index is 12.9. The lowest BCUT2D eigenvalue weighted by molar-refractivity contribution is -0.120. The van der Waals surface area contributed by atoms with E-state index >= 15 is 0 Å². The first-order valence-corrected chi connectivity index (χ1v) is 10.8. The number of aromatic nitrogens is 1. The third kappa shape index (κ3) is 4.52. The van der Waals surface area contributed by atoms with Gasteiger partial charge < -0.3 is 10.1 Å². The molecule has 1 fully saturated rings. The smallest absolute Gasteiger partial charge is 0.411 e. The van der Waals surface area contributed by atoms with Crippen LogP contribution in [0.3, 0.4) is 0 Å². The van der Waals surface area contributed by atoms with E-state index in [1.165, 1.54) is 11.3 Å². The molecule has 1 aliphatic rings. The van der Waals surface area contributed by atoms with Crippen LogP contribution in [0.25, 0.3) is 11.3 Å². The van der Waals surface area contributed by atoms with Crippen LogP contribution in [0, 0.1) is 0 Å². The Morgan fingerprint density at radius 1 is 1.10 bits per heavy atom. The van der Waals surface area contributed by atoms with Crippen LogP contribution in [0.15, 0.2) is 66.0 Å². The first kappa shape index (κ1) is 20.1. The van der Waals surface area contributed by atoms with Gasteiger partial charge in [0.25, 0.3) is 0 Å². The third-order valence-electron chi connectivity index (χ3n) is 5.19. The van der Waals surface area contributed by atoms with Crippen LogP contribution in [0.2, 0.25) is 0 Å². The zero-order valence-corrected chi connectivity index (χ0v) is 17.5. The van der Waals surface area contributed by atoms with Gasteiger partial charge in [-0.25, -0.2) is 9.78 Å². The van der Waals surface area contributed by atoms with Gasteiger partial charge in [0.1, 0.15) is 12.6 Å². The molecule has 2 heterocycles. The fourth-order valence-electron chi connectivity index (χ4n) is 3.60. The van der Waals surface area contributed by atoms with E-state index in [0.29, 0.717) is 11.6 Å². The van der Waals surface area contributed by atoms with Crippen molar-refractivity contribution in [1.82, 2.24) is 9.88 Å². The molecule has 0 aliphatic carbocycles. The Kier molecular flexibility index (Phi) is 6.09. The molecule has 4 rings (SSSR count). The van der Waals surface area contributed by atoms with Gasteiger partial charge in [0.2, 0.25) is 5.91 Å². The van der Waals surface area contributed by atoms with E-state index in [1.807, 2.05) is 73.0 Å². The molecule has 2 atom stereocenters. The molecule has 1 N–H and O–H groups in total. The second-order valence-corrected chi connectivity index (χ2v) is 8.14. The summed E-state index contributed by atoms with van der Waals surface area (Å²) >= 11 is 1.37. The highest BCUT2D eigenvalue weighted by Gasteiger charge is 2.40. The Labute approximate surface area is 179 Å². The molecule has 3 aromatic rings. The van der Waals surface area contributed by atoms with Crippen molar-refractivity contribution in [1.29, 1.82) is 0 Å². The van der Waals surface area contributed by atoms with Gasteiger partial charge in [0.05, 0.1) is 5.69 Å². The van der Waals surface area contributed by atoms with Crippen LogP contribution in [-0.2, 0) is 16.1 Å². The van der Waals surface area contributed by atoms with Crippen LogP contribution in [0.1, 0.15) is 25.3 Å². The summed E-state index contributed by atoms with van der Waals surface area (Å²) < 4.78 is 5.47. The summed E-state index contributed by atoms with van der Waals surface area (Å²) in [4.78, 5) is 31.7. The van der Waals surface area contributed by atoms with Crippen LogP contribution >= 0.6 is 11.3 Å². The summed E-state index contributed by atoms with van der Waals surface area (Å²) in [6.07, 6.45) is 0.892. The molecular formula is C23H23N3O3S. The quantitative estimate of drug-likeness (QED) is 0.633. The lowest BCUT2D eigenvalue weighted by atomic mass is 10.2. The fourth-order valence-corrected chi connectivity index (χ4v) is 4.33. The second kappa shape index (κ2) is 9.09. The average Bonchev–Trinajstić information content (AvgIpc) is 3.40. The van der Waals surface area contributed by atoms with E-state index in [0.717, 1.165) is 23.2 Å². The molecular weight excluding hydrogens is 398 g/mol. The summed E-state index contributed by atoms with van der Waals surface area (Å²) in [6, 6.07) is 18.7. The van der Waals surface area contributed by atoms with Crippen LogP contribution in [-0.4, -0.2) is 34.0 Å². The number of benzene rings is 2. The normalized spacial score (nSPS) is 18.2. The first-order chi connectivity index (χ1) is 14.6. The molecule has 6 nitrogen and oxygen atoms in total. The number of hydrogen-bond donors (Lipinski definition) is 1. The van der Waals surface area contributed by atoms with Crippen molar-refractivity contribution in [3.63, 3.8) is 0 Å². The Morgan fingerprint density at radius 2 is 1.80 bits per heavy atom. The number of rotatable bonds is 5. The highest BCUT2D eigenvalue weighted by Crippen LogP contribution is 2.28. The van der Waals surface area contributed by atoms with Gasteiger partial charge in [0, 0.05) is 17.0 Å². The predicted molar refractivity (Wildman–Crippen MR) is 117 cm³/mol. The molecule has 0 saturated carbocycles. The van der Waals surface area contributed by atoms with Crippen LogP contribution in [0.4, 0.5) is 9.93 Å². The maximum absolute atomic E-state index is 12.9. The molecule has 2 amide bonds. The highest BCUT2D eigenvalue weighted by molar-refractivity contribution is 7.14. The van der Waals surface area contributed by atoms with E-state index in [2.05, 4.69) is 10.3 Å². The monoisotopic (exact) mass is 421 g/mol. The van der Waals surface area contributed by atoms with Crippen molar-refractivity contribution >= 4 is 28.5 Å². The average molecular weight is 422 g/mol. The van der Waals surface area contributed by atoms with Crippen molar-refractivity contribution in [2.45, 2.75) is 38.5 Å². The topological polar surface area (TPSA) is 71.5 Å². The summed E-state index contributed by atoms with van der Waals surface area (Å²) in [5, 5.41) is 5.31. The Bertz CT molecular complexity index is 1010. The number of carbonyl (C=O) groups is 2.